The Bertz CT molecular complexity index is 506. The normalized spacial score (nSPS) is 19.8. The number of hydrogen-bond donors (Lipinski definition) is 1. The number of piperidine rings is 1. The van der Waals surface area contributed by atoms with Crippen LogP contribution >= 0.6 is 0 Å². The maximum Gasteiger partial charge on any atom is 0.341 e. The van der Waals surface area contributed by atoms with Crippen LogP contribution in [0.5, 0.6) is 5.75 Å². The lowest BCUT2D eigenvalue weighted by molar-refractivity contribution is -0.0663. The van der Waals surface area contributed by atoms with Crippen LogP contribution in [-0.4, -0.2) is 55.4 Å². The molecule has 0 radical (unpaired) electrons. The largest absolute Gasteiger partial charge is 0.490 e. The van der Waals surface area contributed by atoms with Crippen molar-refractivity contribution >= 4 is 6.03 Å². The molecule has 1 N–H and O–H groups in total. The maximum atomic E-state index is 11.8. The van der Waals surface area contributed by atoms with Crippen LogP contribution in [0.4, 0.5) is 4.79 Å². The average Bonchev–Trinajstić information content (AvgIpc) is 3.11. The topological polar surface area (TPSA) is 54.0 Å². The van der Waals surface area contributed by atoms with Gasteiger partial charge in [-0.15, -0.1) is 0 Å². The van der Waals surface area contributed by atoms with Gasteiger partial charge in [-0.1, -0.05) is 12.1 Å². The van der Waals surface area contributed by atoms with Crippen molar-refractivity contribution in [3.05, 3.63) is 29.8 Å². The molecule has 126 valence electrons. The second-order valence-electron chi connectivity index (χ2n) is 6.21. The third-order valence-corrected chi connectivity index (χ3v) is 4.31. The van der Waals surface area contributed by atoms with Crippen molar-refractivity contribution in [2.24, 2.45) is 0 Å². The fourth-order valence-electron chi connectivity index (χ4n) is 2.85. The third-order valence-electron chi connectivity index (χ3n) is 4.31. The molecule has 1 aromatic carbocycles. The van der Waals surface area contributed by atoms with E-state index in [0.717, 1.165) is 43.7 Å². The van der Waals surface area contributed by atoms with E-state index in [4.69, 9.17) is 9.57 Å². The lowest BCUT2D eigenvalue weighted by Gasteiger charge is -2.29. The fraction of sp³-hybridized carbons (Fsp3) is 0.588. The first-order chi connectivity index (χ1) is 11.2. The molecule has 6 heteroatoms. The number of hydroxylamine groups is 2. The minimum absolute atomic E-state index is 0.172. The van der Waals surface area contributed by atoms with Gasteiger partial charge >= 0.3 is 6.03 Å². The highest BCUT2D eigenvalue weighted by Crippen LogP contribution is 2.19. The lowest BCUT2D eigenvalue weighted by Crippen LogP contribution is -2.36. The summed E-state index contributed by atoms with van der Waals surface area (Å²) in [5.74, 6) is 0.900. The van der Waals surface area contributed by atoms with Crippen LogP contribution in [0.3, 0.4) is 0 Å². The van der Waals surface area contributed by atoms with Crippen LogP contribution in [0.25, 0.3) is 0 Å². The van der Waals surface area contributed by atoms with Gasteiger partial charge in [-0.3, -0.25) is 4.84 Å². The van der Waals surface area contributed by atoms with Gasteiger partial charge in [0.05, 0.1) is 13.2 Å². The summed E-state index contributed by atoms with van der Waals surface area (Å²) in [7, 11) is 2.15. The highest BCUT2D eigenvalue weighted by molar-refractivity contribution is 5.73. The molecule has 23 heavy (non-hydrogen) atoms. The second-order valence-corrected chi connectivity index (χ2v) is 6.21. The van der Waals surface area contributed by atoms with E-state index in [1.165, 1.54) is 5.06 Å². The van der Waals surface area contributed by atoms with Gasteiger partial charge in [0.1, 0.15) is 11.9 Å². The molecule has 3 rings (SSSR count). The molecule has 2 fully saturated rings. The fourth-order valence-corrected chi connectivity index (χ4v) is 2.85. The minimum Gasteiger partial charge on any atom is -0.490 e. The van der Waals surface area contributed by atoms with E-state index >= 15 is 0 Å². The van der Waals surface area contributed by atoms with Crippen molar-refractivity contribution in [3.63, 3.8) is 0 Å². The van der Waals surface area contributed by atoms with Gasteiger partial charge in [0, 0.05) is 19.6 Å². The minimum atomic E-state index is -0.172. The summed E-state index contributed by atoms with van der Waals surface area (Å²) >= 11 is 0. The molecular formula is C17H25N3O3. The van der Waals surface area contributed by atoms with Crippen molar-refractivity contribution in [2.45, 2.75) is 31.9 Å². The van der Waals surface area contributed by atoms with Gasteiger partial charge in [0.25, 0.3) is 0 Å². The number of hydrogen-bond acceptors (Lipinski definition) is 4. The molecule has 0 aromatic heterocycles. The van der Waals surface area contributed by atoms with E-state index in [0.29, 0.717) is 25.8 Å². The van der Waals surface area contributed by atoms with E-state index in [1.807, 2.05) is 24.3 Å². The monoisotopic (exact) mass is 319 g/mol. The molecular weight excluding hydrogens is 294 g/mol. The standard InChI is InChI=1S/C17H25N3O3/c1-19-10-7-16(8-11-19)23-15-5-3-14(4-6-15)13-18-17(21)20-9-2-12-22-20/h3-6,16H,2,7-13H2,1H3,(H,18,21). The van der Waals surface area contributed by atoms with E-state index < -0.39 is 0 Å². The molecule has 6 nitrogen and oxygen atoms in total. The Morgan fingerprint density at radius 3 is 2.65 bits per heavy atom. The molecule has 0 saturated carbocycles. The number of carbonyl (C=O) groups excluding carboxylic acids is 1. The first-order valence-electron chi connectivity index (χ1n) is 8.33. The Balaban J connectivity index is 1.44. The summed E-state index contributed by atoms with van der Waals surface area (Å²) < 4.78 is 6.02. The summed E-state index contributed by atoms with van der Waals surface area (Å²) in [5.41, 5.74) is 1.05. The number of carbonyl (C=O) groups is 1. The van der Waals surface area contributed by atoms with Crippen LogP contribution in [0.2, 0.25) is 0 Å². The Morgan fingerprint density at radius 1 is 1.26 bits per heavy atom. The van der Waals surface area contributed by atoms with Crippen LogP contribution in [0, 0.1) is 0 Å². The van der Waals surface area contributed by atoms with Gasteiger partial charge in [-0.2, -0.15) is 0 Å². The van der Waals surface area contributed by atoms with Crippen LogP contribution < -0.4 is 10.1 Å². The molecule has 2 aliphatic rings. The number of nitrogens with zero attached hydrogens (tertiary/aromatic N) is 2. The molecule has 0 spiro atoms. The third kappa shape index (κ3) is 4.59. The first kappa shape index (κ1) is 16.1. The summed E-state index contributed by atoms with van der Waals surface area (Å²) in [6, 6.07) is 7.78. The average molecular weight is 319 g/mol. The predicted molar refractivity (Wildman–Crippen MR) is 87.1 cm³/mol. The molecule has 2 aliphatic heterocycles. The zero-order valence-corrected chi connectivity index (χ0v) is 13.7. The first-order valence-corrected chi connectivity index (χ1v) is 8.33. The van der Waals surface area contributed by atoms with Crippen LogP contribution in [-0.2, 0) is 11.4 Å². The Kier molecular flexibility index (Phi) is 5.35. The van der Waals surface area contributed by atoms with E-state index in [-0.39, 0.29) is 6.03 Å². The molecule has 0 aliphatic carbocycles. The number of likely N-dealkylation sites (tertiary alicyclic amines) is 1. The highest BCUT2D eigenvalue weighted by Gasteiger charge is 2.19. The van der Waals surface area contributed by atoms with Crippen molar-refractivity contribution in [2.75, 3.05) is 33.3 Å². The smallest absolute Gasteiger partial charge is 0.341 e. The van der Waals surface area contributed by atoms with Gasteiger partial charge in [0.2, 0.25) is 0 Å². The maximum absolute atomic E-state index is 11.8. The number of benzene rings is 1. The molecule has 0 bridgehead atoms. The summed E-state index contributed by atoms with van der Waals surface area (Å²) in [6.45, 7) is 3.96. The van der Waals surface area contributed by atoms with Gasteiger partial charge in [-0.25, -0.2) is 9.86 Å². The molecule has 0 atom stereocenters. The zero-order valence-electron chi connectivity index (χ0n) is 13.7. The Hall–Kier alpha value is -1.79. The second kappa shape index (κ2) is 7.66. The van der Waals surface area contributed by atoms with Gasteiger partial charge in [0.15, 0.2) is 0 Å². The number of amides is 2. The van der Waals surface area contributed by atoms with Crippen molar-refractivity contribution in [1.29, 1.82) is 0 Å². The number of rotatable bonds is 4. The lowest BCUT2D eigenvalue weighted by atomic mass is 10.1. The summed E-state index contributed by atoms with van der Waals surface area (Å²) in [5, 5.41) is 4.25. The van der Waals surface area contributed by atoms with Crippen molar-refractivity contribution < 1.29 is 14.4 Å². The molecule has 2 amide bonds. The van der Waals surface area contributed by atoms with Crippen LogP contribution in [0.1, 0.15) is 24.8 Å². The summed E-state index contributed by atoms with van der Waals surface area (Å²) in [6.07, 6.45) is 3.36. The van der Waals surface area contributed by atoms with E-state index in [9.17, 15) is 4.79 Å². The van der Waals surface area contributed by atoms with Crippen molar-refractivity contribution in [3.8, 4) is 5.75 Å². The van der Waals surface area contributed by atoms with E-state index in [2.05, 4.69) is 17.3 Å². The number of nitrogens with one attached hydrogen (secondary N) is 1. The van der Waals surface area contributed by atoms with Crippen LogP contribution in [0.15, 0.2) is 24.3 Å². The Labute approximate surface area is 137 Å². The van der Waals surface area contributed by atoms with Gasteiger partial charge in [-0.05, 0) is 44.0 Å². The molecule has 2 heterocycles. The summed E-state index contributed by atoms with van der Waals surface area (Å²) in [4.78, 5) is 19.4. The zero-order chi connectivity index (χ0) is 16.1. The van der Waals surface area contributed by atoms with E-state index in [1.54, 1.807) is 0 Å². The Morgan fingerprint density at radius 2 is 2.00 bits per heavy atom. The SMILES string of the molecule is CN1CCC(Oc2ccc(CNC(=O)N3CCCO3)cc2)CC1. The highest BCUT2D eigenvalue weighted by atomic mass is 16.7. The number of ether oxygens (including phenoxy) is 1. The van der Waals surface area contributed by atoms with Crippen molar-refractivity contribution in [1.82, 2.24) is 15.3 Å². The quantitative estimate of drug-likeness (QED) is 0.922. The molecule has 1 aromatic rings. The predicted octanol–water partition coefficient (Wildman–Crippen LogP) is 2.01. The van der Waals surface area contributed by atoms with Gasteiger partial charge < -0.3 is 15.0 Å². The molecule has 2 saturated heterocycles. The molecule has 0 unspecified atom stereocenters. The number of urea groups is 1.